The molecule has 0 amide bonds. The van der Waals surface area contributed by atoms with Crippen molar-refractivity contribution < 1.29 is 28.8 Å². The van der Waals surface area contributed by atoms with E-state index in [1.165, 1.54) is 6.33 Å². The van der Waals surface area contributed by atoms with Crippen LogP contribution in [-0.2, 0) is 20.8 Å². The van der Waals surface area contributed by atoms with Crippen molar-refractivity contribution in [3.63, 3.8) is 0 Å². The fourth-order valence-electron chi connectivity index (χ4n) is 4.80. The van der Waals surface area contributed by atoms with Crippen molar-refractivity contribution in [2.75, 3.05) is 26.1 Å². The van der Waals surface area contributed by atoms with Crippen LogP contribution in [0.1, 0.15) is 25.6 Å². The molecule has 10 nitrogen and oxygen atoms in total. The average Bonchev–Trinajstić information content (AvgIpc) is 3.45. The lowest BCUT2D eigenvalue weighted by molar-refractivity contribution is -0.199. The molecule has 5 rings (SSSR count). The number of ether oxygens (including phenoxy) is 5. The van der Waals surface area contributed by atoms with Gasteiger partial charge in [0, 0.05) is 24.4 Å². The molecule has 2 N–H and O–H groups in total. The number of aromatic nitrogens is 3. The van der Waals surface area contributed by atoms with Crippen molar-refractivity contribution in [1.82, 2.24) is 14.5 Å². The van der Waals surface area contributed by atoms with Gasteiger partial charge in [-0.3, -0.25) is 0 Å². The number of hydrogen-bond donors (Lipinski definition) is 2. The first kappa shape index (κ1) is 22.9. The standard InChI is InChI=1S/C23H29BN4O6/c1-23(2)33-18-16(10-29)32-22(19(18)34-23)28-9-14(24)17-20(26-11-27-21(17)28)25-8-12-5-6-13(30-3)7-15(12)31-4/h5-7,9,11,16,18-19,22,29H,8,10,24H2,1-4H3,(H,25,26,27)/t16-,18-,19-,22-/m1/s1. The normalized spacial score (nSPS) is 25.4. The van der Waals surface area contributed by atoms with E-state index in [9.17, 15) is 5.11 Å². The zero-order valence-electron chi connectivity index (χ0n) is 19.9. The summed E-state index contributed by atoms with van der Waals surface area (Å²) in [6, 6.07) is 5.71. The number of methoxy groups -OCH3 is 2. The molecule has 0 aliphatic carbocycles. The summed E-state index contributed by atoms with van der Waals surface area (Å²) in [6.45, 7) is 4.09. The van der Waals surface area contributed by atoms with E-state index in [0.717, 1.165) is 27.9 Å². The Morgan fingerprint density at radius 3 is 2.71 bits per heavy atom. The lowest BCUT2D eigenvalue weighted by Crippen LogP contribution is -2.31. The molecule has 2 aliphatic heterocycles. The van der Waals surface area contributed by atoms with E-state index in [2.05, 4.69) is 15.3 Å². The lowest BCUT2D eigenvalue weighted by Gasteiger charge is -2.24. The topological polar surface area (TPSA) is 109 Å². The van der Waals surface area contributed by atoms with Crippen molar-refractivity contribution >= 4 is 30.2 Å². The van der Waals surface area contributed by atoms with Crippen LogP contribution in [0.15, 0.2) is 30.7 Å². The van der Waals surface area contributed by atoms with Gasteiger partial charge in [-0.2, -0.15) is 0 Å². The van der Waals surface area contributed by atoms with Crippen molar-refractivity contribution in [3.8, 4) is 11.5 Å². The van der Waals surface area contributed by atoms with E-state index in [4.69, 9.17) is 23.7 Å². The van der Waals surface area contributed by atoms with Gasteiger partial charge < -0.3 is 38.7 Å². The molecule has 11 heteroatoms. The maximum Gasteiger partial charge on any atom is 0.164 e. The summed E-state index contributed by atoms with van der Waals surface area (Å²) >= 11 is 0. The van der Waals surface area contributed by atoms with Gasteiger partial charge in [0.1, 0.15) is 55.4 Å². The molecule has 180 valence electrons. The van der Waals surface area contributed by atoms with Gasteiger partial charge in [0.05, 0.1) is 26.2 Å². The molecule has 0 unspecified atom stereocenters. The molecule has 0 radical (unpaired) electrons. The molecular formula is C23H29BN4O6. The van der Waals surface area contributed by atoms with Gasteiger partial charge in [-0.1, -0.05) is 5.46 Å². The van der Waals surface area contributed by atoms with Gasteiger partial charge in [-0.25, -0.2) is 9.97 Å². The number of nitrogens with zero attached hydrogens (tertiary/aromatic N) is 3. The molecule has 2 aliphatic rings. The number of anilines is 1. The second kappa shape index (κ2) is 8.73. The molecule has 0 saturated carbocycles. The van der Waals surface area contributed by atoms with Crippen molar-refractivity contribution in [2.45, 2.75) is 50.7 Å². The molecule has 2 fully saturated rings. The molecule has 3 aromatic rings. The molecular weight excluding hydrogens is 439 g/mol. The number of aliphatic hydroxyl groups excluding tert-OH is 1. The van der Waals surface area contributed by atoms with Crippen LogP contribution < -0.4 is 20.3 Å². The first-order valence-electron chi connectivity index (χ1n) is 11.2. The summed E-state index contributed by atoms with van der Waals surface area (Å²) in [5.74, 6) is 1.42. The number of benzene rings is 1. The predicted molar refractivity (Wildman–Crippen MR) is 127 cm³/mol. The van der Waals surface area contributed by atoms with Gasteiger partial charge in [-0.15, -0.1) is 0 Å². The van der Waals surface area contributed by atoms with Gasteiger partial charge in [0.15, 0.2) is 12.0 Å². The summed E-state index contributed by atoms with van der Waals surface area (Å²) in [4.78, 5) is 9.05. The molecule has 0 spiro atoms. The average molecular weight is 468 g/mol. The maximum absolute atomic E-state index is 9.84. The summed E-state index contributed by atoms with van der Waals surface area (Å²) in [5.41, 5.74) is 2.68. The van der Waals surface area contributed by atoms with E-state index in [1.807, 2.05) is 50.7 Å². The number of nitrogens with one attached hydrogen (secondary N) is 1. The largest absolute Gasteiger partial charge is 0.497 e. The van der Waals surface area contributed by atoms with Crippen LogP contribution in [-0.4, -0.2) is 72.4 Å². The van der Waals surface area contributed by atoms with Crippen molar-refractivity contribution in [1.29, 1.82) is 0 Å². The minimum Gasteiger partial charge on any atom is -0.497 e. The Morgan fingerprint density at radius 1 is 1.18 bits per heavy atom. The van der Waals surface area contributed by atoms with Crippen LogP contribution in [0, 0.1) is 0 Å². The van der Waals surface area contributed by atoms with Crippen LogP contribution >= 0.6 is 0 Å². The predicted octanol–water partition coefficient (Wildman–Crippen LogP) is 0.729. The summed E-state index contributed by atoms with van der Waals surface area (Å²) in [5, 5.41) is 14.1. The number of hydrogen-bond acceptors (Lipinski definition) is 9. The Hall–Kier alpha value is -2.86. The second-order valence-corrected chi connectivity index (χ2v) is 8.98. The highest BCUT2D eigenvalue weighted by atomic mass is 16.8. The van der Waals surface area contributed by atoms with Gasteiger partial charge in [-0.05, 0) is 26.0 Å². The fraction of sp³-hybridized carbons (Fsp3) is 0.478. The SMILES string of the molecule is Bc1cn([C@@H]2O[C@H](CO)[C@H]3OC(C)(C)O[C@H]32)c2ncnc(NCc3ccc(OC)cc3OC)c12. The molecule has 2 saturated heterocycles. The van der Waals surface area contributed by atoms with E-state index in [-0.39, 0.29) is 18.8 Å². The summed E-state index contributed by atoms with van der Waals surface area (Å²) in [7, 11) is 5.27. The second-order valence-electron chi connectivity index (χ2n) is 8.98. The van der Waals surface area contributed by atoms with Crippen LogP contribution in [0.5, 0.6) is 11.5 Å². The van der Waals surface area contributed by atoms with Crippen molar-refractivity contribution in [2.24, 2.45) is 0 Å². The quantitative estimate of drug-likeness (QED) is 0.485. The Labute approximate surface area is 198 Å². The minimum atomic E-state index is -0.748. The fourth-order valence-corrected chi connectivity index (χ4v) is 4.80. The smallest absolute Gasteiger partial charge is 0.164 e. The zero-order valence-corrected chi connectivity index (χ0v) is 19.9. The third-order valence-corrected chi connectivity index (χ3v) is 6.32. The Bertz CT molecular complexity index is 1200. The van der Waals surface area contributed by atoms with Gasteiger partial charge >= 0.3 is 0 Å². The zero-order chi connectivity index (χ0) is 24.0. The number of fused-ring (bicyclic) bond motifs is 2. The molecule has 4 heterocycles. The third-order valence-electron chi connectivity index (χ3n) is 6.32. The van der Waals surface area contributed by atoms with Crippen molar-refractivity contribution in [3.05, 3.63) is 36.3 Å². The Morgan fingerprint density at radius 2 is 1.97 bits per heavy atom. The van der Waals surface area contributed by atoms with Crippen LogP contribution in [0.25, 0.3) is 11.0 Å². The highest BCUT2D eigenvalue weighted by Gasteiger charge is 2.55. The molecule has 1 aromatic carbocycles. The van der Waals surface area contributed by atoms with Crippen LogP contribution in [0.2, 0.25) is 0 Å². The van der Waals surface area contributed by atoms with E-state index < -0.39 is 18.1 Å². The van der Waals surface area contributed by atoms with E-state index in [0.29, 0.717) is 18.0 Å². The molecule has 2 aromatic heterocycles. The first-order chi connectivity index (χ1) is 16.3. The minimum absolute atomic E-state index is 0.152. The highest BCUT2D eigenvalue weighted by Crippen LogP contribution is 2.43. The molecule has 4 atom stereocenters. The first-order valence-corrected chi connectivity index (χ1v) is 11.2. The lowest BCUT2D eigenvalue weighted by atomic mass is 9.97. The van der Waals surface area contributed by atoms with Gasteiger partial charge in [0.2, 0.25) is 0 Å². The number of rotatable bonds is 7. The van der Waals surface area contributed by atoms with E-state index in [1.54, 1.807) is 14.2 Å². The monoisotopic (exact) mass is 468 g/mol. The summed E-state index contributed by atoms with van der Waals surface area (Å²) < 4.78 is 31.1. The van der Waals surface area contributed by atoms with Crippen LogP contribution in [0.3, 0.4) is 0 Å². The maximum atomic E-state index is 9.84. The Kier molecular flexibility index (Phi) is 5.89. The molecule has 0 bridgehead atoms. The summed E-state index contributed by atoms with van der Waals surface area (Å²) in [6.07, 6.45) is 1.83. The number of aliphatic hydroxyl groups is 1. The molecule has 34 heavy (non-hydrogen) atoms. The van der Waals surface area contributed by atoms with E-state index >= 15 is 0 Å². The third kappa shape index (κ3) is 3.88. The van der Waals surface area contributed by atoms with Crippen LogP contribution in [0.4, 0.5) is 5.82 Å². The highest BCUT2D eigenvalue weighted by molar-refractivity contribution is 6.39. The Balaban J connectivity index is 1.46. The van der Waals surface area contributed by atoms with Gasteiger partial charge in [0.25, 0.3) is 0 Å².